The van der Waals surface area contributed by atoms with Crippen LogP contribution in [-0.2, 0) is 16.1 Å². The average Bonchev–Trinajstić information content (AvgIpc) is 2.87. The molecule has 3 rings (SSSR count). The van der Waals surface area contributed by atoms with E-state index in [1.807, 2.05) is 56.3 Å². The first-order chi connectivity index (χ1) is 17.3. The van der Waals surface area contributed by atoms with Crippen molar-refractivity contribution in [2.45, 2.75) is 55.8 Å². The molecule has 1 unspecified atom stereocenters. The lowest BCUT2D eigenvalue weighted by Gasteiger charge is -2.32. The number of nitrogens with one attached hydrogen (secondary N) is 1. The third-order valence-corrected chi connectivity index (χ3v) is 6.64. The number of thioether (sulfide) groups is 1. The Hall–Kier alpha value is -3.19. The van der Waals surface area contributed by atoms with Gasteiger partial charge in [0.25, 0.3) is 0 Å². The number of hydrogen-bond acceptors (Lipinski definition) is 3. The maximum Gasteiger partial charge on any atom is 0.315 e. The lowest BCUT2D eigenvalue weighted by molar-refractivity contribution is -0.142. The zero-order valence-corrected chi connectivity index (χ0v) is 21.4. The number of nitrogens with zero attached hydrogens (tertiary/aromatic N) is 1. The summed E-state index contributed by atoms with van der Waals surface area (Å²) in [6.07, 6.45) is 1.78. The van der Waals surface area contributed by atoms with E-state index >= 15 is 0 Å². The molecule has 4 nitrogen and oxygen atoms in total. The minimum Gasteiger partial charge on any atom is -0.347 e. The standard InChI is InChI=1S/C29H32F2N2O2S/c1-3-4-15-26(34)33(20-23-11-7-5-8-12-23)27(24-18-16-22(2)17-19-24)28(35)32-21-29(30,31)36-25-13-9-6-10-14-25/h5-14,16-19,27H,3-4,15,20-21H2,1-2H3,(H,32,35). The molecule has 0 spiro atoms. The van der Waals surface area contributed by atoms with Gasteiger partial charge in [-0.25, -0.2) is 0 Å². The molecule has 0 aliphatic rings. The van der Waals surface area contributed by atoms with Crippen LogP contribution in [0.4, 0.5) is 8.78 Å². The molecular weight excluding hydrogens is 478 g/mol. The predicted octanol–water partition coefficient (Wildman–Crippen LogP) is 6.76. The van der Waals surface area contributed by atoms with Crippen molar-refractivity contribution in [2.75, 3.05) is 6.54 Å². The number of carbonyl (C=O) groups excluding carboxylic acids is 2. The summed E-state index contributed by atoms with van der Waals surface area (Å²) >= 11 is 0.397. The Labute approximate surface area is 216 Å². The molecule has 3 aromatic carbocycles. The van der Waals surface area contributed by atoms with Crippen molar-refractivity contribution >= 4 is 23.6 Å². The van der Waals surface area contributed by atoms with Crippen LogP contribution in [0.3, 0.4) is 0 Å². The molecule has 1 atom stereocenters. The van der Waals surface area contributed by atoms with E-state index in [4.69, 9.17) is 0 Å². The molecule has 3 aromatic rings. The Kier molecular flexibility index (Phi) is 10.1. The van der Waals surface area contributed by atoms with Crippen LogP contribution in [0.2, 0.25) is 0 Å². The van der Waals surface area contributed by atoms with Gasteiger partial charge >= 0.3 is 5.25 Å². The van der Waals surface area contributed by atoms with Crippen LogP contribution < -0.4 is 5.32 Å². The Morgan fingerprint density at radius 2 is 1.56 bits per heavy atom. The molecule has 0 saturated carbocycles. The molecule has 36 heavy (non-hydrogen) atoms. The Balaban J connectivity index is 1.87. The van der Waals surface area contributed by atoms with Crippen LogP contribution in [0.15, 0.2) is 89.8 Å². The molecule has 7 heteroatoms. The summed E-state index contributed by atoms with van der Waals surface area (Å²) in [5.74, 6) is -0.820. The van der Waals surface area contributed by atoms with Crippen molar-refractivity contribution in [1.29, 1.82) is 0 Å². The van der Waals surface area contributed by atoms with Crippen LogP contribution in [0.25, 0.3) is 0 Å². The first-order valence-electron chi connectivity index (χ1n) is 12.1. The summed E-state index contributed by atoms with van der Waals surface area (Å²) in [4.78, 5) is 28.7. The maximum atomic E-state index is 14.7. The highest BCUT2D eigenvalue weighted by Gasteiger charge is 2.35. The summed E-state index contributed by atoms with van der Waals surface area (Å²) in [5, 5.41) is -0.787. The first-order valence-corrected chi connectivity index (χ1v) is 12.9. The van der Waals surface area contributed by atoms with E-state index in [-0.39, 0.29) is 18.9 Å². The van der Waals surface area contributed by atoms with Gasteiger partial charge in [-0.05, 0) is 36.6 Å². The van der Waals surface area contributed by atoms with Crippen molar-refractivity contribution in [1.82, 2.24) is 10.2 Å². The first kappa shape index (κ1) is 27.4. The SMILES string of the molecule is CCCCC(=O)N(Cc1ccccc1)C(C(=O)NCC(F)(F)Sc1ccccc1)c1ccc(C)cc1. The second-order valence-corrected chi connectivity index (χ2v) is 9.97. The fourth-order valence-corrected chi connectivity index (χ4v) is 4.56. The molecule has 0 aliphatic heterocycles. The zero-order chi connectivity index (χ0) is 26.0. The summed E-state index contributed by atoms with van der Waals surface area (Å²) in [7, 11) is 0. The van der Waals surface area contributed by atoms with E-state index in [0.29, 0.717) is 28.6 Å². The highest BCUT2D eigenvalue weighted by molar-refractivity contribution is 8.00. The summed E-state index contributed by atoms with van der Waals surface area (Å²) in [6.45, 7) is 3.26. The van der Waals surface area contributed by atoms with Crippen LogP contribution in [-0.4, -0.2) is 28.5 Å². The fourth-order valence-electron chi connectivity index (χ4n) is 3.78. The van der Waals surface area contributed by atoms with Crippen molar-refractivity contribution < 1.29 is 18.4 Å². The third kappa shape index (κ3) is 8.19. The highest BCUT2D eigenvalue weighted by atomic mass is 32.2. The van der Waals surface area contributed by atoms with E-state index in [1.54, 1.807) is 42.5 Å². The second-order valence-electron chi connectivity index (χ2n) is 8.69. The number of halogens is 2. The number of amides is 2. The molecule has 0 aliphatic carbocycles. The average molecular weight is 511 g/mol. The van der Waals surface area contributed by atoms with Gasteiger partial charge in [-0.3, -0.25) is 9.59 Å². The third-order valence-electron chi connectivity index (χ3n) is 5.69. The van der Waals surface area contributed by atoms with Crippen molar-refractivity contribution in [3.05, 3.63) is 102 Å². The van der Waals surface area contributed by atoms with E-state index in [1.165, 1.54) is 4.90 Å². The maximum absolute atomic E-state index is 14.7. The topological polar surface area (TPSA) is 49.4 Å². The summed E-state index contributed by atoms with van der Waals surface area (Å²) < 4.78 is 29.5. The summed E-state index contributed by atoms with van der Waals surface area (Å²) in [6, 6.07) is 23.9. The molecule has 190 valence electrons. The Bertz CT molecular complexity index is 1110. The molecule has 0 heterocycles. The van der Waals surface area contributed by atoms with Gasteiger partial charge in [0.15, 0.2) is 0 Å². The molecule has 2 amide bonds. The Morgan fingerprint density at radius 1 is 0.944 bits per heavy atom. The van der Waals surface area contributed by atoms with Gasteiger partial charge in [0.2, 0.25) is 11.8 Å². The number of carbonyl (C=O) groups is 2. The van der Waals surface area contributed by atoms with Gasteiger partial charge < -0.3 is 10.2 Å². The van der Waals surface area contributed by atoms with Crippen molar-refractivity contribution in [2.24, 2.45) is 0 Å². The molecule has 0 saturated heterocycles. The molecule has 1 N–H and O–H groups in total. The monoisotopic (exact) mass is 510 g/mol. The van der Waals surface area contributed by atoms with Gasteiger partial charge in [-0.2, -0.15) is 8.78 Å². The smallest absolute Gasteiger partial charge is 0.315 e. The van der Waals surface area contributed by atoms with Crippen LogP contribution in [0, 0.1) is 6.92 Å². The normalized spacial score (nSPS) is 12.1. The number of alkyl halides is 2. The van der Waals surface area contributed by atoms with Gasteiger partial charge in [0.05, 0.1) is 6.54 Å². The lowest BCUT2D eigenvalue weighted by Crippen LogP contribution is -2.45. The van der Waals surface area contributed by atoms with E-state index in [9.17, 15) is 18.4 Å². The second kappa shape index (κ2) is 13.2. The minimum absolute atomic E-state index is 0.188. The molecule has 0 bridgehead atoms. The van der Waals surface area contributed by atoms with Gasteiger partial charge in [-0.1, -0.05) is 103 Å². The predicted molar refractivity (Wildman–Crippen MR) is 141 cm³/mol. The van der Waals surface area contributed by atoms with E-state index in [0.717, 1.165) is 17.5 Å². The number of aryl methyl sites for hydroxylation is 1. The zero-order valence-electron chi connectivity index (χ0n) is 20.6. The number of hydrogen-bond donors (Lipinski definition) is 1. The summed E-state index contributed by atoms with van der Waals surface area (Å²) in [5.41, 5.74) is 2.44. The van der Waals surface area contributed by atoms with Crippen LogP contribution in [0.5, 0.6) is 0 Å². The number of rotatable bonds is 12. The fraction of sp³-hybridized carbons (Fsp3) is 0.310. The lowest BCUT2D eigenvalue weighted by atomic mass is 10.0. The highest BCUT2D eigenvalue weighted by Crippen LogP contribution is 2.35. The molecule has 0 fully saturated rings. The van der Waals surface area contributed by atoms with E-state index < -0.39 is 23.7 Å². The van der Waals surface area contributed by atoms with Crippen molar-refractivity contribution in [3.63, 3.8) is 0 Å². The van der Waals surface area contributed by atoms with Crippen LogP contribution >= 0.6 is 11.8 Å². The van der Waals surface area contributed by atoms with Gasteiger partial charge in [0.1, 0.15) is 6.04 Å². The Morgan fingerprint density at radius 3 is 2.17 bits per heavy atom. The number of benzene rings is 3. The molecule has 0 aromatic heterocycles. The van der Waals surface area contributed by atoms with Crippen molar-refractivity contribution in [3.8, 4) is 0 Å². The number of unbranched alkanes of at least 4 members (excludes halogenated alkanes) is 1. The molecular formula is C29H32F2N2O2S. The minimum atomic E-state index is -3.22. The van der Waals surface area contributed by atoms with Gasteiger partial charge in [0, 0.05) is 17.9 Å². The van der Waals surface area contributed by atoms with Gasteiger partial charge in [-0.15, -0.1) is 0 Å². The largest absolute Gasteiger partial charge is 0.347 e. The molecule has 0 radical (unpaired) electrons. The van der Waals surface area contributed by atoms with E-state index in [2.05, 4.69) is 5.32 Å². The quantitative estimate of drug-likeness (QED) is 0.274. The van der Waals surface area contributed by atoms with Crippen LogP contribution in [0.1, 0.15) is 48.9 Å².